The third kappa shape index (κ3) is 17.7. The average Bonchev–Trinajstić information content (AvgIpc) is 2.56. The van der Waals surface area contributed by atoms with Crippen LogP contribution in [-0.4, -0.2) is 13.0 Å². The molecule has 2 heteroatoms. The summed E-state index contributed by atoms with van der Waals surface area (Å²) in [6, 6.07) is 0. The molecule has 0 aromatic carbocycles. The SMILES string of the molecule is CCCCCCCCC(CCCCCCC)CCCCNC=O. The van der Waals surface area contributed by atoms with Crippen LogP contribution in [0.1, 0.15) is 117 Å². The number of carbonyl (C=O) groups is 1. The lowest BCUT2D eigenvalue weighted by Gasteiger charge is -2.17. The number of hydrogen-bond acceptors (Lipinski definition) is 1. The third-order valence-electron chi connectivity index (χ3n) is 4.95. The molecule has 0 aliphatic rings. The average molecular weight is 326 g/mol. The summed E-state index contributed by atoms with van der Waals surface area (Å²) in [5.41, 5.74) is 0. The van der Waals surface area contributed by atoms with Gasteiger partial charge in [-0.25, -0.2) is 0 Å². The Morgan fingerprint density at radius 2 is 1.09 bits per heavy atom. The van der Waals surface area contributed by atoms with Gasteiger partial charge in [0, 0.05) is 6.54 Å². The quantitative estimate of drug-likeness (QED) is 0.209. The number of nitrogens with one attached hydrogen (secondary N) is 1. The Morgan fingerprint density at radius 3 is 1.57 bits per heavy atom. The van der Waals surface area contributed by atoms with E-state index >= 15 is 0 Å². The molecule has 1 unspecified atom stereocenters. The van der Waals surface area contributed by atoms with Crippen molar-refractivity contribution in [1.29, 1.82) is 0 Å². The fourth-order valence-electron chi connectivity index (χ4n) is 3.40. The molecular formula is C21H43NO. The largest absolute Gasteiger partial charge is 0.359 e. The molecule has 0 spiro atoms. The van der Waals surface area contributed by atoms with Crippen LogP contribution in [0.4, 0.5) is 0 Å². The first kappa shape index (κ1) is 22.5. The number of amides is 1. The monoisotopic (exact) mass is 325 g/mol. The number of unbranched alkanes of at least 4 members (excludes halogenated alkanes) is 10. The summed E-state index contributed by atoms with van der Waals surface area (Å²) < 4.78 is 0. The highest BCUT2D eigenvalue weighted by Crippen LogP contribution is 2.23. The van der Waals surface area contributed by atoms with Crippen LogP contribution in [0.15, 0.2) is 0 Å². The Morgan fingerprint density at radius 1 is 0.652 bits per heavy atom. The smallest absolute Gasteiger partial charge is 0.207 e. The van der Waals surface area contributed by atoms with E-state index in [9.17, 15) is 4.79 Å². The minimum absolute atomic E-state index is 0.821. The van der Waals surface area contributed by atoms with Crippen molar-refractivity contribution in [1.82, 2.24) is 5.32 Å². The van der Waals surface area contributed by atoms with E-state index in [1.165, 1.54) is 96.3 Å². The van der Waals surface area contributed by atoms with E-state index in [-0.39, 0.29) is 0 Å². The Balaban J connectivity index is 3.74. The summed E-state index contributed by atoms with van der Waals surface area (Å²) in [7, 11) is 0. The molecule has 2 nitrogen and oxygen atoms in total. The molecule has 0 rings (SSSR count). The molecule has 0 saturated carbocycles. The molecule has 1 amide bonds. The minimum atomic E-state index is 0.821. The van der Waals surface area contributed by atoms with Gasteiger partial charge >= 0.3 is 0 Å². The topological polar surface area (TPSA) is 29.1 Å². The van der Waals surface area contributed by atoms with Crippen molar-refractivity contribution in [3.8, 4) is 0 Å². The molecule has 0 bridgehead atoms. The van der Waals surface area contributed by atoms with Crippen molar-refractivity contribution in [2.75, 3.05) is 6.54 Å². The van der Waals surface area contributed by atoms with Gasteiger partial charge in [-0.05, 0) is 12.3 Å². The van der Waals surface area contributed by atoms with Crippen LogP contribution in [0.3, 0.4) is 0 Å². The van der Waals surface area contributed by atoms with Gasteiger partial charge in [-0.3, -0.25) is 4.79 Å². The van der Waals surface area contributed by atoms with Crippen LogP contribution >= 0.6 is 0 Å². The normalized spacial score (nSPS) is 12.3. The first-order valence-electron chi connectivity index (χ1n) is 10.5. The maximum atomic E-state index is 10.3. The highest BCUT2D eigenvalue weighted by molar-refractivity contribution is 5.45. The zero-order chi connectivity index (χ0) is 17.0. The standard InChI is InChI=1S/C21H43NO/c1-3-5-7-9-11-13-17-21(16-12-10-8-6-4-2)18-14-15-19-22-20-23/h20-21H,3-19H2,1-2H3,(H,22,23). The summed E-state index contributed by atoms with van der Waals surface area (Å²) in [5, 5.41) is 2.78. The summed E-state index contributed by atoms with van der Waals surface area (Å²) in [4.78, 5) is 10.3. The molecule has 0 aliphatic heterocycles. The lowest BCUT2D eigenvalue weighted by molar-refractivity contribution is -0.109. The fourth-order valence-corrected chi connectivity index (χ4v) is 3.40. The summed E-state index contributed by atoms with van der Waals surface area (Å²) >= 11 is 0. The van der Waals surface area contributed by atoms with Gasteiger partial charge in [0.1, 0.15) is 0 Å². The van der Waals surface area contributed by atoms with E-state index in [1.54, 1.807) is 0 Å². The van der Waals surface area contributed by atoms with Crippen molar-refractivity contribution in [2.45, 2.75) is 117 Å². The van der Waals surface area contributed by atoms with Crippen LogP contribution in [0.5, 0.6) is 0 Å². The van der Waals surface area contributed by atoms with Crippen LogP contribution in [0.25, 0.3) is 0 Å². The van der Waals surface area contributed by atoms with E-state index in [4.69, 9.17) is 0 Å². The molecular weight excluding hydrogens is 282 g/mol. The van der Waals surface area contributed by atoms with Gasteiger partial charge in [0.2, 0.25) is 6.41 Å². The molecule has 138 valence electrons. The number of rotatable bonds is 19. The van der Waals surface area contributed by atoms with Crippen LogP contribution < -0.4 is 5.32 Å². The van der Waals surface area contributed by atoms with Crippen molar-refractivity contribution < 1.29 is 4.79 Å². The molecule has 1 N–H and O–H groups in total. The van der Waals surface area contributed by atoms with Crippen molar-refractivity contribution in [3.05, 3.63) is 0 Å². The molecule has 1 atom stereocenters. The van der Waals surface area contributed by atoms with Gasteiger partial charge in [0.05, 0.1) is 0 Å². The highest BCUT2D eigenvalue weighted by Gasteiger charge is 2.08. The Bertz CT molecular complexity index is 230. The fraction of sp³-hybridized carbons (Fsp3) is 0.952. The van der Waals surface area contributed by atoms with Crippen molar-refractivity contribution in [3.63, 3.8) is 0 Å². The van der Waals surface area contributed by atoms with E-state index in [0.717, 1.165) is 25.3 Å². The van der Waals surface area contributed by atoms with Gasteiger partial charge in [-0.2, -0.15) is 0 Å². The minimum Gasteiger partial charge on any atom is -0.359 e. The second-order valence-electron chi connectivity index (χ2n) is 7.19. The van der Waals surface area contributed by atoms with Gasteiger partial charge < -0.3 is 5.32 Å². The predicted octanol–water partition coefficient (Wildman–Crippen LogP) is 6.63. The zero-order valence-electron chi connectivity index (χ0n) is 16.1. The van der Waals surface area contributed by atoms with Gasteiger partial charge in [-0.1, -0.05) is 110 Å². The molecule has 23 heavy (non-hydrogen) atoms. The van der Waals surface area contributed by atoms with Crippen molar-refractivity contribution in [2.24, 2.45) is 5.92 Å². The maximum Gasteiger partial charge on any atom is 0.207 e. The van der Waals surface area contributed by atoms with Gasteiger partial charge in [0.25, 0.3) is 0 Å². The van der Waals surface area contributed by atoms with Crippen LogP contribution in [-0.2, 0) is 4.79 Å². The summed E-state index contributed by atoms with van der Waals surface area (Å²) in [6.45, 7) is 5.42. The summed E-state index contributed by atoms with van der Waals surface area (Å²) in [6.07, 6.45) is 22.9. The number of hydrogen-bond donors (Lipinski definition) is 1. The first-order chi connectivity index (χ1) is 11.3. The summed E-state index contributed by atoms with van der Waals surface area (Å²) in [5.74, 6) is 0.930. The highest BCUT2D eigenvalue weighted by atomic mass is 16.1. The second kappa shape index (κ2) is 19.5. The lowest BCUT2D eigenvalue weighted by atomic mass is 9.90. The van der Waals surface area contributed by atoms with Crippen LogP contribution in [0, 0.1) is 5.92 Å². The van der Waals surface area contributed by atoms with E-state index in [0.29, 0.717) is 0 Å². The lowest BCUT2D eigenvalue weighted by Crippen LogP contribution is -2.12. The van der Waals surface area contributed by atoms with Gasteiger partial charge in [0.15, 0.2) is 0 Å². The Hall–Kier alpha value is -0.530. The maximum absolute atomic E-state index is 10.3. The second-order valence-corrected chi connectivity index (χ2v) is 7.19. The molecule has 0 radical (unpaired) electrons. The molecule has 0 aliphatic carbocycles. The number of carbonyl (C=O) groups excluding carboxylic acids is 1. The van der Waals surface area contributed by atoms with E-state index in [1.807, 2.05) is 0 Å². The molecule has 0 saturated heterocycles. The predicted molar refractivity (Wildman–Crippen MR) is 103 cm³/mol. The van der Waals surface area contributed by atoms with E-state index < -0.39 is 0 Å². The Labute approximate surface area is 146 Å². The van der Waals surface area contributed by atoms with E-state index in [2.05, 4.69) is 19.2 Å². The Kier molecular flexibility index (Phi) is 19.1. The van der Waals surface area contributed by atoms with Crippen molar-refractivity contribution >= 4 is 6.41 Å². The third-order valence-corrected chi connectivity index (χ3v) is 4.95. The van der Waals surface area contributed by atoms with Crippen LogP contribution in [0.2, 0.25) is 0 Å². The molecule has 0 aromatic rings. The first-order valence-corrected chi connectivity index (χ1v) is 10.5. The molecule has 0 fully saturated rings. The molecule has 0 heterocycles. The zero-order valence-corrected chi connectivity index (χ0v) is 16.1. The van der Waals surface area contributed by atoms with Gasteiger partial charge in [-0.15, -0.1) is 0 Å². The molecule has 0 aromatic heterocycles.